The van der Waals surface area contributed by atoms with E-state index in [-0.39, 0.29) is 5.91 Å². The van der Waals surface area contributed by atoms with Crippen LogP contribution in [0, 0.1) is 11.3 Å². The molecule has 0 aliphatic carbocycles. The highest BCUT2D eigenvalue weighted by Crippen LogP contribution is 2.22. The number of aromatic nitrogens is 2. The van der Waals surface area contributed by atoms with E-state index in [1.807, 2.05) is 41.2 Å². The Morgan fingerprint density at radius 1 is 1.32 bits per heavy atom. The van der Waals surface area contributed by atoms with Crippen molar-refractivity contribution in [1.82, 2.24) is 20.0 Å². The average Bonchev–Trinajstić information content (AvgIpc) is 3.03. The Kier molecular flexibility index (Phi) is 7.17. The number of nitrogens with zero attached hydrogens (tertiary/aromatic N) is 4. The summed E-state index contributed by atoms with van der Waals surface area (Å²) in [5.74, 6) is 0.149. The van der Waals surface area contributed by atoms with Gasteiger partial charge in [0, 0.05) is 44.4 Å². The maximum absolute atomic E-state index is 11.6. The lowest BCUT2D eigenvalue weighted by Crippen LogP contribution is -2.23. The molecule has 0 saturated heterocycles. The predicted molar refractivity (Wildman–Crippen MR) is 97.5 cm³/mol. The van der Waals surface area contributed by atoms with Gasteiger partial charge in [-0.05, 0) is 13.0 Å². The highest BCUT2D eigenvalue weighted by molar-refractivity contribution is 5.75. The normalized spacial score (nSPS) is 10.4. The molecule has 1 amide bonds. The van der Waals surface area contributed by atoms with E-state index in [9.17, 15) is 4.79 Å². The molecule has 0 bridgehead atoms. The van der Waals surface area contributed by atoms with Crippen molar-refractivity contribution < 1.29 is 4.79 Å². The number of hydrogen-bond acceptors (Lipinski definition) is 4. The van der Waals surface area contributed by atoms with E-state index in [1.54, 1.807) is 19.0 Å². The molecule has 0 spiro atoms. The van der Waals surface area contributed by atoms with E-state index in [2.05, 4.69) is 16.5 Å². The summed E-state index contributed by atoms with van der Waals surface area (Å²) < 4.78 is 1.83. The van der Waals surface area contributed by atoms with Crippen LogP contribution in [0.5, 0.6) is 0 Å². The summed E-state index contributed by atoms with van der Waals surface area (Å²) in [6.45, 7) is 2.05. The Labute approximate surface area is 149 Å². The van der Waals surface area contributed by atoms with Crippen molar-refractivity contribution in [1.29, 1.82) is 5.26 Å². The van der Waals surface area contributed by atoms with Crippen LogP contribution < -0.4 is 5.32 Å². The van der Waals surface area contributed by atoms with Crippen molar-refractivity contribution >= 4 is 5.91 Å². The molecule has 1 aromatic heterocycles. The van der Waals surface area contributed by atoms with Crippen molar-refractivity contribution in [3.05, 3.63) is 42.1 Å². The molecule has 0 aliphatic rings. The van der Waals surface area contributed by atoms with Crippen LogP contribution in [-0.2, 0) is 17.9 Å². The van der Waals surface area contributed by atoms with Gasteiger partial charge in [-0.1, -0.05) is 30.3 Å². The number of carbonyl (C=O) groups is 1. The number of nitrogens with one attached hydrogen (secondary N) is 1. The number of hydrogen-bond donors (Lipinski definition) is 1. The molecule has 1 aromatic carbocycles. The first-order valence-corrected chi connectivity index (χ1v) is 8.51. The van der Waals surface area contributed by atoms with Crippen LogP contribution in [0.25, 0.3) is 11.3 Å². The first kappa shape index (κ1) is 18.7. The van der Waals surface area contributed by atoms with Crippen LogP contribution in [0.4, 0.5) is 0 Å². The molecule has 0 saturated carbocycles. The monoisotopic (exact) mass is 339 g/mol. The third-order valence-corrected chi connectivity index (χ3v) is 3.90. The smallest absolute Gasteiger partial charge is 0.222 e. The molecule has 2 aromatic rings. The quantitative estimate of drug-likeness (QED) is 0.712. The maximum atomic E-state index is 11.6. The van der Waals surface area contributed by atoms with Gasteiger partial charge in [-0.3, -0.25) is 9.48 Å². The molecule has 1 N–H and O–H groups in total. The Morgan fingerprint density at radius 2 is 2.08 bits per heavy atom. The summed E-state index contributed by atoms with van der Waals surface area (Å²) in [6.07, 6.45) is 3.79. The fourth-order valence-corrected chi connectivity index (χ4v) is 2.52. The topological polar surface area (TPSA) is 74.0 Å². The van der Waals surface area contributed by atoms with Gasteiger partial charge >= 0.3 is 0 Å². The molecule has 0 fully saturated rings. The molecule has 25 heavy (non-hydrogen) atoms. The molecule has 6 nitrogen and oxygen atoms in total. The molecule has 0 atom stereocenters. The second-order valence-electron chi connectivity index (χ2n) is 6.11. The van der Waals surface area contributed by atoms with Crippen LogP contribution in [0.3, 0.4) is 0 Å². The van der Waals surface area contributed by atoms with E-state index in [0.717, 1.165) is 29.8 Å². The van der Waals surface area contributed by atoms with Gasteiger partial charge in [-0.25, -0.2) is 0 Å². The molecule has 0 unspecified atom stereocenters. The minimum Gasteiger partial charge on any atom is -0.349 e. The van der Waals surface area contributed by atoms with Gasteiger partial charge in [0.25, 0.3) is 0 Å². The van der Waals surface area contributed by atoms with Gasteiger partial charge < -0.3 is 10.2 Å². The van der Waals surface area contributed by atoms with Crippen LogP contribution in [0.1, 0.15) is 24.8 Å². The lowest BCUT2D eigenvalue weighted by atomic mass is 10.1. The highest BCUT2D eigenvalue weighted by Gasteiger charge is 2.11. The highest BCUT2D eigenvalue weighted by atomic mass is 16.2. The van der Waals surface area contributed by atoms with Crippen molar-refractivity contribution in [3.8, 4) is 17.3 Å². The Morgan fingerprint density at radius 3 is 2.76 bits per heavy atom. The van der Waals surface area contributed by atoms with Crippen molar-refractivity contribution in [2.24, 2.45) is 0 Å². The minimum atomic E-state index is 0.149. The maximum Gasteiger partial charge on any atom is 0.222 e. The largest absolute Gasteiger partial charge is 0.349 e. The number of benzene rings is 1. The van der Waals surface area contributed by atoms with E-state index in [0.29, 0.717) is 25.9 Å². The number of rotatable bonds is 9. The molecular formula is C19H25N5O. The summed E-state index contributed by atoms with van der Waals surface area (Å²) >= 11 is 0. The van der Waals surface area contributed by atoms with Crippen LogP contribution in [-0.4, -0.2) is 41.2 Å². The van der Waals surface area contributed by atoms with E-state index in [1.165, 1.54) is 0 Å². The van der Waals surface area contributed by atoms with Crippen LogP contribution >= 0.6 is 0 Å². The lowest BCUT2D eigenvalue weighted by Gasteiger charge is -2.10. The summed E-state index contributed by atoms with van der Waals surface area (Å²) in [7, 11) is 3.55. The van der Waals surface area contributed by atoms with Gasteiger partial charge in [0.15, 0.2) is 0 Å². The van der Waals surface area contributed by atoms with Gasteiger partial charge in [0.05, 0.1) is 24.7 Å². The van der Waals surface area contributed by atoms with Gasteiger partial charge in [0.1, 0.15) is 0 Å². The first-order chi connectivity index (χ1) is 12.1. The minimum absolute atomic E-state index is 0.149. The standard InChI is InChI=1S/C19H25N5O/c1-23(2)18(25)10-6-12-21-14-17-15-24(13-7-11-20)22-19(17)16-8-4-3-5-9-16/h3-5,8-9,15,21H,6-7,10,12-14H2,1-2H3. The molecular weight excluding hydrogens is 314 g/mol. The van der Waals surface area contributed by atoms with Crippen molar-refractivity contribution in [2.75, 3.05) is 20.6 Å². The van der Waals surface area contributed by atoms with Gasteiger partial charge in [0.2, 0.25) is 5.91 Å². The third-order valence-electron chi connectivity index (χ3n) is 3.90. The van der Waals surface area contributed by atoms with Crippen LogP contribution in [0.2, 0.25) is 0 Å². The van der Waals surface area contributed by atoms with E-state index < -0.39 is 0 Å². The summed E-state index contributed by atoms with van der Waals surface area (Å²) in [5, 5.41) is 16.8. The Hall–Kier alpha value is -2.65. The zero-order valence-electron chi connectivity index (χ0n) is 14.9. The number of nitriles is 1. The molecule has 1 heterocycles. The predicted octanol–water partition coefficient (Wildman–Crippen LogP) is 2.42. The second kappa shape index (κ2) is 9.60. The van der Waals surface area contributed by atoms with E-state index >= 15 is 0 Å². The van der Waals surface area contributed by atoms with E-state index in [4.69, 9.17) is 5.26 Å². The zero-order valence-corrected chi connectivity index (χ0v) is 14.9. The van der Waals surface area contributed by atoms with Crippen LogP contribution in [0.15, 0.2) is 36.5 Å². The number of aryl methyl sites for hydroxylation is 1. The molecule has 132 valence electrons. The Balaban J connectivity index is 1.97. The molecule has 2 rings (SSSR count). The second-order valence-corrected chi connectivity index (χ2v) is 6.11. The molecule has 0 aliphatic heterocycles. The van der Waals surface area contributed by atoms with Crippen molar-refractivity contribution in [3.63, 3.8) is 0 Å². The number of amides is 1. The van der Waals surface area contributed by atoms with Gasteiger partial charge in [-0.2, -0.15) is 10.4 Å². The molecule has 0 radical (unpaired) electrons. The Bertz CT molecular complexity index is 715. The van der Waals surface area contributed by atoms with Gasteiger partial charge in [-0.15, -0.1) is 0 Å². The lowest BCUT2D eigenvalue weighted by molar-refractivity contribution is -0.128. The fourth-order valence-electron chi connectivity index (χ4n) is 2.52. The summed E-state index contributed by atoms with van der Waals surface area (Å²) in [4.78, 5) is 13.2. The van der Waals surface area contributed by atoms with Crippen molar-refractivity contribution in [2.45, 2.75) is 32.4 Å². The first-order valence-electron chi connectivity index (χ1n) is 8.51. The number of carbonyl (C=O) groups excluding carboxylic acids is 1. The summed E-state index contributed by atoms with van der Waals surface area (Å²) in [6, 6.07) is 12.2. The third kappa shape index (κ3) is 5.73. The zero-order chi connectivity index (χ0) is 18.1. The molecule has 6 heteroatoms. The summed E-state index contributed by atoms with van der Waals surface area (Å²) in [5.41, 5.74) is 3.11. The fraction of sp³-hybridized carbons (Fsp3) is 0.421. The average molecular weight is 339 g/mol. The SMILES string of the molecule is CN(C)C(=O)CCCNCc1cn(CCC#N)nc1-c1ccccc1.